The lowest BCUT2D eigenvalue weighted by molar-refractivity contribution is 0.0154. The summed E-state index contributed by atoms with van der Waals surface area (Å²) in [4.78, 5) is 26.7. The van der Waals surface area contributed by atoms with Crippen LogP contribution in [-0.4, -0.2) is 53.2 Å². The van der Waals surface area contributed by atoms with Gasteiger partial charge in [0.1, 0.15) is 11.1 Å². The molecule has 0 unspecified atom stereocenters. The van der Waals surface area contributed by atoms with Crippen molar-refractivity contribution >= 4 is 22.9 Å². The number of hydrogen-bond donors (Lipinski definition) is 1. The minimum atomic E-state index is -0.345. The fourth-order valence-electron chi connectivity index (χ4n) is 4.90. The van der Waals surface area contributed by atoms with Gasteiger partial charge in [0.25, 0.3) is 5.91 Å². The molecule has 32 heavy (non-hydrogen) atoms. The molecule has 6 heterocycles. The van der Waals surface area contributed by atoms with Gasteiger partial charge in [-0.2, -0.15) is 10.1 Å². The van der Waals surface area contributed by atoms with Crippen molar-refractivity contribution in [2.24, 2.45) is 0 Å². The molecule has 3 fully saturated rings. The molecular weight excluding hydrogens is 410 g/mol. The molecule has 0 radical (unpaired) electrons. The number of imidazole rings is 1. The second-order valence-corrected chi connectivity index (χ2v) is 9.25. The van der Waals surface area contributed by atoms with Crippen molar-refractivity contribution < 1.29 is 14.3 Å². The van der Waals surface area contributed by atoms with E-state index in [9.17, 15) is 4.79 Å². The molecule has 2 aliphatic heterocycles. The standard InChI is InChI=1S/C22H23N7O3/c1-13(2)32-19-14(18(30)25-15-6-24-29-5-4-23-7-16(15)29)8-28-9-17(26-20(28)27-19)22-10-21(3,11-22)31-12-22/h4-9,13H,10-12H2,1-3H3,(H,25,30). The van der Waals surface area contributed by atoms with E-state index in [1.54, 1.807) is 39.9 Å². The minimum absolute atomic E-state index is 0.0383. The summed E-state index contributed by atoms with van der Waals surface area (Å²) in [6.45, 7) is 6.59. The smallest absolute Gasteiger partial charge is 0.262 e. The average molecular weight is 433 g/mol. The molecule has 0 atom stereocenters. The SMILES string of the molecule is CC(C)Oc1nc2nc(C34COC(C)(C3)C4)cn2cc1C(=O)Nc1cnn2ccncc12. The van der Waals surface area contributed by atoms with E-state index in [4.69, 9.17) is 14.5 Å². The Kier molecular flexibility index (Phi) is 3.89. The predicted octanol–water partition coefficient (Wildman–Crippen LogP) is 2.63. The Morgan fingerprint density at radius 1 is 1.25 bits per heavy atom. The summed E-state index contributed by atoms with van der Waals surface area (Å²) >= 11 is 0. The number of rotatable bonds is 5. The fourth-order valence-corrected chi connectivity index (χ4v) is 4.90. The normalized spacial score (nSPS) is 24.2. The lowest BCUT2D eigenvalue weighted by Gasteiger charge is -2.41. The molecule has 1 saturated carbocycles. The van der Waals surface area contributed by atoms with Crippen molar-refractivity contribution in [1.82, 2.24) is 29.0 Å². The summed E-state index contributed by atoms with van der Waals surface area (Å²) in [5, 5.41) is 7.15. The Morgan fingerprint density at radius 3 is 2.84 bits per heavy atom. The first-order valence-electron chi connectivity index (χ1n) is 10.6. The minimum Gasteiger partial charge on any atom is -0.474 e. The van der Waals surface area contributed by atoms with E-state index >= 15 is 0 Å². The van der Waals surface area contributed by atoms with Crippen LogP contribution >= 0.6 is 0 Å². The summed E-state index contributed by atoms with van der Waals surface area (Å²) in [6, 6.07) is 0. The number of anilines is 1. The molecule has 10 heteroatoms. The molecule has 7 rings (SSSR count). The molecule has 2 saturated heterocycles. The van der Waals surface area contributed by atoms with E-state index < -0.39 is 0 Å². The van der Waals surface area contributed by atoms with E-state index in [0.29, 0.717) is 29.2 Å². The van der Waals surface area contributed by atoms with Gasteiger partial charge in [0.2, 0.25) is 11.7 Å². The Morgan fingerprint density at radius 2 is 2.09 bits per heavy atom. The largest absolute Gasteiger partial charge is 0.474 e. The fraction of sp³-hybridized carbons (Fsp3) is 0.409. The zero-order valence-corrected chi connectivity index (χ0v) is 18.1. The van der Waals surface area contributed by atoms with Gasteiger partial charge in [-0.3, -0.25) is 14.2 Å². The van der Waals surface area contributed by atoms with E-state index in [1.807, 2.05) is 20.0 Å². The van der Waals surface area contributed by atoms with Gasteiger partial charge in [-0.05, 0) is 33.6 Å². The van der Waals surface area contributed by atoms with Crippen LogP contribution in [0.15, 0.2) is 37.2 Å². The highest BCUT2D eigenvalue weighted by Crippen LogP contribution is 2.58. The number of fused-ring (bicyclic) bond motifs is 3. The zero-order valence-electron chi connectivity index (χ0n) is 18.1. The summed E-state index contributed by atoms with van der Waals surface area (Å²) in [5.74, 6) is 0.403. The maximum Gasteiger partial charge on any atom is 0.262 e. The molecule has 2 bridgehead atoms. The summed E-state index contributed by atoms with van der Waals surface area (Å²) in [5.41, 5.74) is 2.41. The van der Waals surface area contributed by atoms with Crippen molar-refractivity contribution in [3.05, 3.63) is 48.4 Å². The highest BCUT2D eigenvalue weighted by Gasteiger charge is 2.61. The van der Waals surface area contributed by atoms with Crippen LogP contribution in [0.4, 0.5) is 5.69 Å². The van der Waals surface area contributed by atoms with Gasteiger partial charge in [0, 0.05) is 30.2 Å². The molecule has 3 aliphatic rings. The second-order valence-electron chi connectivity index (χ2n) is 9.25. The van der Waals surface area contributed by atoms with Gasteiger partial charge < -0.3 is 14.8 Å². The summed E-state index contributed by atoms with van der Waals surface area (Å²) < 4.78 is 15.2. The molecule has 4 aromatic heterocycles. The topological polar surface area (TPSA) is 108 Å². The van der Waals surface area contributed by atoms with Crippen molar-refractivity contribution in [2.45, 2.75) is 50.7 Å². The first-order chi connectivity index (χ1) is 15.3. The molecular formula is C22H23N7O3. The zero-order chi connectivity index (χ0) is 22.1. The lowest BCUT2D eigenvalue weighted by Crippen LogP contribution is -2.45. The Hall–Kier alpha value is -3.53. The molecule has 4 aromatic rings. The Labute approximate surface area is 183 Å². The van der Waals surface area contributed by atoms with E-state index in [2.05, 4.69) is 27.3 Å². The van der Waals surface area contributed by atoms with Crippen molar-refractivity contribution in [3.63, 3.8) is 0 Å². The van der Waals surface area contributed by atoms with E-state index in [1.165, 1.54) is 0 Å². The van der Waals surface area contributed by atoms with Gasteiger partial charge in [-0.15, -0.1) is 0 Å². The first kappa shape index (κ1) is 19.2. The molecule has 10 nitrogen and oxygen atoms in total. The number of carbonyl (C=O) groups is 1. The molecule has 0 aromatic carbocycles. The first-order valence-corrected chi connectivity index (χ1v) is 10.6. The lowest BCUT2D eigenvalue weighted by atomic mass is 9.62. The monoisotopic (exact) mass is 433 g/mol. The van der Waals surface area contributed by atoms with Gasteiger partial charge >= 0.3 is 0 Å². The van der Waals surface area contributed by atoms with Crippen LogP contribution in [0.5, 0.6) is 5.88 Å². The second kappa shape index (κ2) is 6.49. The molecule has 1 aliphatic carbocycles. The predicted molar refractivity (Wildman–Crippen MR) is 115 cm³/mol. The third-order valence-electron chi connectivity index (χ3n) is 6.24. The highest BCUT2D eigenvalue weighted by molar-refractivity contribution is 6.07. The Bertz CT molecular complexity index is 1370. The number of carbonyl (C=O) groups excluding carboxylic acids is 1. The van der Waals surface area contributed by atoms with Crippen LogP contribution in [0, 0.1) is 0 Å². The van der Waals surface area contributed by atoms with Crippen LogP contribution in [-0.2, 0) is 10.2 Å². The molecule has 1 N–H and O–H groups in total. The van der Waals surface area contributed by atoms with Crippen LogP contribution < -0.4 is 10.1 Å². The number of ether oxygens (including phenoxy) is 2. The van der Waals surface area contributed by atoms with Gasteiger partial charge in [-0.1, -0.05) is 0 Å². The number of nitrogens with one attached hydrogen (secondary N) is 1. The highest BCUT2D eigenvalue weighted by atomic mass is 16.5. The number of aromatic nitrogens is 6. The van der Waals surface area contributed by atoms with Crippen LogP contribution in [0.3, 0.4) is 0 Å². The van der Waals surface area contributed by atoms with Crippen molar-refractivity contribution in [1.29, 1.82) is 0 Å². The summed E-state index contributed by atoms with van der Waals surface area (Å²) in [6.07, 6.45) is 12.0. The van der Waals surface area contributed by atoms with Crippen LogP contribution in [0.25, 0.3) is 11.3 Å². The van der Waals surface area contributed by atoms with Crippen LogP contribution in [0.2, 0.25) is 0 Å². The molecule has 164 valence electrons. The van der Waals surface area contributed by atoms with Crippen molar-refractivity contribution in [2.75, 3.05) is 11.9 Å². The van der Waals surface area contributed by atoms with Crippen molar-refractivity contribution in [3.8, 4) is 5.88 Å². The Balaban J connectivity index is 1.38. The quantitative estimate of drug-likeness (QED) is 0.515. The van der Waals surface area contributed by atoms with E-state index in [-0.39, 0.29) is 28.9 Å². The third-order valence-corrected chi connectivity index (χ3v) is 6.24. The van der Waals surface area contributed by atoms with Gasteiger partial charge in [0.15, 0.2) is 0 Å². The van der Waals surface area contributed by atoms with Gasteiger partial charge in [0.05, 0.1) is 42.1 Å². The number of hydrogen-bond acceptors (Lipinski definition) is 7. The average Bonchev–Trinajstić information content (AvgIpc) is 3.48. The van der Waals surface area contributed by atoms with E-state index in [0.717, 1.165) is 18.5 Å². The molecule has 1 amide bonds. The maximum atomic E-state index is 13.2. The van der Waals surface area contributed by atoms with Gasteiger partial charge in [-0.25, -0.2) is 9.50 Å². The molecule has 0 spiro atoms. The number of nitrogens with zero attached hydrogens (tertiary/aromatic N) is 6. The maximum absolute atomic E-state index is 13.2. The third kappa shape index (κ3) is 2.86. The summed E-state index contributed by atoms with van der Waals surface area (Å²) in [7, 11) is 0. The number of amides is 1. The van der Waals surface area contributed by atoms with Crippen LogP contribution in [0.1, 0.15) is 49.7 Å².